The molecule has 5 heteroatoms. The van der Waals surface area contributed by atoms with Crippen LogP contribution in [-0.4, -0.2) is 48.7 Å². The molecule has 0 saturated carbocycles. The van der Waals surface area contributed by atoms with Crippen LogP contribution in [-0.2, 0) is 14.3 Å². The zero-order chi connectivity index (χ0) is 14.5. The predicted molar refractivity (Wildman–Crippen MR) is 69.3 cm³/mol. The van der Waals surface area contributed by atoms with E-state index in [0.717, 1.165) is 0 Å². The predicted octanol–water partition coefficient (Wildman–Crippen LogP) is 1.62. The van der Waals surface area contributed by atoms with Gasteiger partial charge < -0.3 is 14.7 Å². The van der Waals surface area contributed by atoms with E-state index < -0.39 is 11.4 Å². The summed E-state index contributed by atoms with van der Waals surface area (Å²) in [6.45, 7) is 7.56. The van der Waals surface area contributed by atoms with Crippen LogP contribution in [0.25, 0.3) is 0 Å². The summed E-state index contributed by atoms with van der Waals surface area (Å²) in [6, 6.07) is -0.0623. The molecule has 18 heavy (non-hydrogen) atoms. The number of hydrogen-bond donors (Lipinski definition) is 1. The molecule has 0 aliphatic heterocycles. The van der Waals surface area contributed by atoms with Crippen molar-refractivity contribution in [3.63, 3.8) is 0 Å². The largest absolute Gasteiger partial charge is 0.481 e. The molecule has 2 atom stereocenters. The van der Waals surface area contributed by atoms with E-state index in [2.05, 4.69) is 0 Å². The van der Waals surface area contributed by atoms with Gasteiger partial charge >= 0.3 is 5.97 Å². The number of methoxy groups -OCH3 is 1. The molecule has 5 nitrogen and oxygen atoms in total. The molecule has 1 amide bonds. The highest BCUT2D eigenvalue weighted by molar-refractivity contribution is 5.85. The van der Waals surface area contributed by atoms with Crippen LogP contribution in [0, 0.1) is 11.3 Å². The smallest absolute Gasteiger partial charge is 0.310 e. The van der Waals surface area contributed by atoms with Crippen molar-refractivity contribution in [2.75, 3.05) is 20.8 Å². The normalized spacial score (nSPS) is 16.2. The van der Waals surface area contributed by atoms with Gasteiger partial charge in [-0.15, -0.1) is 0 Å². The lowest BCUT2D eigenvalue weighted by molar-refractivity contribution is -0.155. The summed E-state index contributed by atoms with van der Waals surface area (Å²) < 4.78 is 4.99. The number of aliphatic carboxylic acids is 1. The van der Waals surface area contributed by atoms with Crippen molar-refractivity contribution < 1.29 is 19.4 Å². The zero-order valence-corrected chi connectivity index (χ0v) is 12.2. The highest BCUT2D eigenvalue weighted by Crippen LogP contribution is 2.32. The van der Waals surface area contributed by atoms with Crippen LogP contribution < -0.4 is 0 Å². The summed E-state index contributed by atoms with van der Waals surface area (Å²) in [5, 5.41) is 9.28. The van der Waals surface area contributed by atoms with Gasteiger partial charge in [-0.2, -0.15) is 0 Å². The first-order chi connectivity index (χ1) is 8.16. The Hall–Kier alpha value is -1.10. The van der Waals surface area contributed by atoms with Crippen LogP contribution in [0.2, 0.25) is 0 Å². The van der Waals surface area contributed by atoms with Gasteiger partial charge in [-0.25, -0.2) is 0 Å². The quantitative estimate of drug-likeness (QED) is 0.754. The highest BCUT2D eigenvalue weighted by Gasteiger charge is 2.39. The molecule has 0 spiro atoms. The van der Waals surface area contributed by atoms with Crippen molar-refractivity contribution in [2.45, 2.75) is 40.2 Å². The molecular formula is C13H25NO4. The highest BCUT2D eigenvalue weighted by atomic mass is 16.5. The molecule has 0 aliphatic carbocycles. The Bertz CT molecular complexity index is 303. The van der Waals surface area contributed by atoms with Gasteiger partial charge in [0.2, 0.25) is 5.91 Å². The van der Waals surface area contributed by atoms with E-state index >= 15 is 0 Å². The van der Waals surface area contributed by atoms with E-state index in [0.29, 0.717) is 6.61 Å². The number of nitrogens with zero attached hydrogens (tertiary/aromatic N) is 1. The van der Waals surface area contributed by atoms with Gasteiger partial charge in [0.15, 0.2) is 0 Å². The summed E-state index contributed by atoms with van der Waals surface area (Å²) in [5.74, 6) is -1.21. The second-order valence-corrected chi connectivity index (χ2v) is 5.36. The number of hydrogen-bond acceptors (Lipinski definition) is 3. The average molecular weight is 259 g/mol. The molecule has 0 saturated heterocycles. The molecule has 106 valence electrons. The number of likely N-dealkylation sites (N-methyl/N-ethyl adjacent to an activating group) is 1. The van der Waals surface area contributed by atoms with E-state index in [9.17, 15) is 14.7 Å². The van der Waals surface area contributed by atoms with Crippen LogP contribution in [0.4, 0.5) is 0 Å². The van der Waals surface area contributed by atoms with Crippen LogP contribution in [0.3, 0.4) is 0 Å². The monoisotopic (exact) mass is 259 g/mol. The molecule has 0 aromatic carbocycles. The third-order valence-corrected chi connectivity index (χ3v) is 3.74. The SMILES string of the molecule is COCC(C)N(C)C(=O)CC(C)(C(=O)O)C(C)C. The van der Waals surface area contributed by atoms with Crippen LogP contribution in [0.5, 0.6) is 0 Å². The minimum Gasteiger partial charge on any atom is -0.481 e. The maximum atomic E-state index is 12.1. The first-order valence-corrected chi connectivity index (χ1v) is 6.14. The number of rotatable bonds is 7. The van der Waals surface area contributed by atoms with Crippen molar-refractivity contribution in [2.24, 2.45) is 11.3 Å². The summed E-state index contributed by atoms with van der Waals surface area (Å²) in [5.41, 5.74) is -1.03. The van der Waals surface area contributed by atoms with Crippen molar-refractivity contribution in [3.05, 3.63) is 0 Å². The van der Waals surface area contributed by atoms with Gasteiger partial charge in [0.1, 0.15) is 0 Å². The molecule has 0 heterocycles. The molecule has 2 unspecified atom stereocenters. The van der Waals surface area contributed by atoms with Crippen LogP contribution in [0.1, 0.15) is 34.1 Å². The van der Waals surface area contributed by atoms with Gasteiger partial charge in [-0.05, 0) is 19.8 Å². The van der Waals surface area contributed by atoms with E-state index in [1.807, 2.05) is 20.8 Å². The van der Waals surface area contributed by atoms with Crippen molar-refractivity contribution in [1.82, 2.24) is 4.90 Å². The van der Waals surface area contributed by atoms with Gasteiger partial charge in [-0.1, -0.05) is 13.8 Å². The van der Waals surface area contributed by atoms with Gasteiger partial charge in [-0.3, -0.25) is 9.59 Å². The maximum absolute atomic E-state index is 12.1. The molecule has 0 aromatic rings. The van der Waals surface area contributed by atoms with Crippen molar-refractivity contribution >= 4 is 11.9 Å². The lowest BCUT2D eigenvalue weighted by atomic mass is 9.76. The third-order valence-electron chi connectivity index (χ3n) is 3.74. The molecule has 0 aliphatic rings. The minimum atomic E-state index is -1.03. The zero-order valence-electron chi connectivity index (χ0n) is 12.2. The number of amides is 1. The van der Waals surface area contributed by atoms with Gasteiger partial charge in [0, 0.05) is 20.6 Å². The Morgan fingerprint density at radius 2 is 1.83 bits per heavy atom. The first kappa shape index (κ1) is 16.9. The Kier molecular flexibility index (Phi) is 6.32. The lowest BCUT2D eigenvalue weighted by Crippen LogP contribution is -2.43. The van der Waals surface area contributed by atoms with Crippen molar-refractivity contribution in [1.29, 1.82) is 0 Å². The Morgan fingerprint density at radius 1 is 1.33 bits per heavy atom. The minimum absolute atomic E-state index is 0.00452. The standard InChI is InChI=1S/C13H25NO4/c1-9(2)13(4,12(16)17)7-11(15)14(5)10(3)8-18-6/h9-10H,7-8H2,1-6H3,(H,16,17). The molecular weight excluding hydrogens is 234 g/mol. The third kappa shape index (κ3) is 3.98. The van der Waals surface area contributed by atoms with E-state index in [-0.39, 0.29) is 24.3 Å². The fourth-order valence-electron chi connectivity index (χ4n) is 1.56. The Balaban J connectivity index is 4.77. The fourth-order valence-corrected chi connectivity index (χ4v) is 1.56. The second-order valence-electron chi connectivity index (χ2n) is 5.36. The molecule has 0 rings (SSSR count). The number of carboxylic acids is 1. The Morgan fingerprint density at radius 3 is 2.17 bits per heavy atom. The summed E-state index contributed by atoms with van der Waals surface area (Å²) >= 11 is 0. The second kappa shape index (κ2) is 6.73. The number of ether oxygens (including phenoxy) is 1. The van der Waals surface area contributed by atoms with Crippen LogP contribution >= 0.6 is 0 Å². The summed E-state index contributed by atoms with van der Waals surface area (Å²) in [4.78, 5) is 25.0. The van der Waals surface area contributed by atoms with Crippen LogP contribution in [0.15, 0.2) is 0 Å². The van der Waals surface area contributed by atoms with Gasteiger partial charge in [0.05, 0.1) is 18.1 Å². The summed E-state index contributed by atoms with van der Waals surface area (Å²) in [7, 11) is 3.25. The fraction of sp³-hybridized carbons (Fsp3) is 0.846. The molecule has 0 radical (unpaired) electrons. The molecule has 1 N–H and O–H groups in total. The maximum Gasteiger partial charge on any atom is 0.310 e. The molecule has 0 aromatic heterocycles. The first-order valence-electron chi connectivity index (χ1n) is 6.14. The van der Waals surface area contributed by atoms with E-state index in [4.69, 9.17) is 4.74 Å². The van der Waals surface area contributed by atoms with E-state index in [1.54, 1.807) is 26.0 Å². The topological polar surface area (TPSA) is 66.8 Å². The number of carbonyl (C=O) groups is 2. The number of carbonyl (C=O) groups excluding carboxylic acids is 1. The summed E-state index contributed by atoms with van der Waals surface area (Å²) in [6.07, 6.45) is 0.00452. The van der Waals surface area contributed by atoms with E-state index in [1.165, 1.54) is 0 Å². The average Bonchev–Trinajstić information content (AvgIpc) is 2.27. The Labute approximate surface area is 109 Å². The lowest BCUT2D eigenvalue weighted by Gasteiger charge is -2.32. The van der Waals surface area contributed by atoms with Crippen molar-refractivity contribution in [3.8, 4) is 0 Å². The molecule has 0 fully saturated rings. The number of carboxylic acid groups (broad SMARTS) is 1. The molecule has 0 bridgehead atoms. The van der Waals surface area contributed by atoms with Gasteiger partial charge in [0.25, 0.3) is 0 Å².